The van der Waals surface area contributed by atoms with Crippen molar-refractivity contribution in [3.05, 3.63) is 65.7 Å². The van der Waals surface area contributed by atoms with Crippen molar-refractivity contribution in [1.29, 1.82) is 0 Å². The second-order valence-corrected chi connectivity index (χ2v) is 5.13. The summed E-state index contributed by atoms with van der Waals surface area (Å²) in [5, 5.41) is 8.49. The molecule has 1 heterocycles. The average Bonchev–Trinajstić information content (AvgIpc) is 2.97. The van der Waals surface area contributed by atoms with Gasteiger partial charge in [-0.2, -0.15) is 0 Å². The van der Waals surface area contributed by atoms with Crippen LogP contribution in [0.5, 0.6) is 0 Å². The van der Waals surface area contributed by atoms with Gasteiger partial charge in [0, 0.05) is 6.61 Å². The zero-order chi connectivity index (χ0) is 15.4. The van der Waals surface area contributed by atoms with Gasteiger partial charge in [-0.1, -0.05) is 53.8 Å². The number of fused-ring (bicyclic) bond motifs is 1. The van der Waals surface area contributed by atoms with Crippen LogP contribution in [-0.4, -0.2) is 21.6 Å². The van der Waals surface area contributed by atoms with Crippen molar-refractivity contribution in [2.45, 2.75) is 20.1 Å². The molecular weight excluding hydrogens is 274 g/mol. The van der Waals surface area contributed by atoms with Gasteiger partial charge in [-0.3, -0.25) is 0 Å². The third-order valence-electron chi connectivity index (χ3n) is 3.51. The van der Waals surface area contributed by atoms with E-state index in [-0.39, 0.29) is 6.23 Å². The van der Waals surface area contributed by atoms with E-state index in [0.29, 0.717) is 6.61 Å². The van der Waals surface area contributed by atoms with Crippen LogP contribution in [0.3, 0.4) is 0 Å². The topological polar surface area (TPSA) is 39.9 Å². The highest BCUT2D eigenvalue weighted by molar-refractivity contribution is 5.74. The fourth-order valence-corrected chi connectivity index (χ4v) is 2.50. The summed E-state index contributed by atoms with van der Waals surface area (Å²) in [4.78, 5) is 0. The molecule has 0 aliphatic rings. The molecule has 0 bridgehead atoms. The van der Waals surface area contributed by atoms with Crippen molar-refractivity contribution in [2.24, 2.45) is 0 Å². The molecule has 22 heavy (non-hydrogen) atoms. The van der Waals surface area contributed by atoms with Crippen molar-refractivity contribution in [1.82, 2.24) is 15.0 Å². The number of nitrogens with zero attached hydrogens (tertiary/aromatic N) is 3. The van der Waals surface area contributed by atoms with Crippen LogP contribution in [0.15, 0.2) is 60.2 Å². The Morgan fingerprint density at radius 3 is 2.64 bits per heavy atom. The normalized spacial score (nSPS) is 13.5. The molecule has 0 aliphatic heterocycles. The Labute approximate surface area is 130 Å². The van der Waals surface area contributed by atoms with Gasteiger partial charge >= 0.3 is 0 Å². The number of ether oxygens (including phenoxy) is 1. The predicted octanol–water partition coefficient (Wildman–Crippen LogP) is 4.07. The van der Waals surface area contributed by atoms with E-state index >= 15 is 0 Å². The first kappa shape index (κ1) is 14.5. The van der Waals surface area contributed by atoms with Gasteiger partial charge in [0.1, 0.15) is 5.52 Å². The maximum atomic E-state index is 5.92. The Kier molecular flexibility index (Phi) is 4.30. The molecular formula is C18H19N3O. The third-order valence-corrected chi connectivity index (χ3v) is 3.51. The summed E-state index contributed by atoms with van der Waals surface area (Å²) < 4.78 is 7.76. The van der Waals surface area contributed by atoms with E-state index in [1.807, 2.05) is 54.1 Å². The fraction of sp³-hybridized carbons (Fsp3) is 0.222. The zero-order valence-corrected chi connectivity index (χ0v) is 12.8. The first-order valence-corrected chi connectivity index (χ1v) is 7.44. The minimum Gasteiger partial charge on any atom is -0.353 e. The molecule has 3 aromatic rings. The van der Waals surface area contributed by atoms with Gasteiger partial charge in [0.15, 0.2) is 6.23 Å². The van der Waals surface area contributed by atoms with Crippen molar-refractivity contribution >= 4 is 17.1 Å². The van der Waals surface area contributed by atoms with E-state index in [1.165, 1.54) is 0 Å². The lowest BCUT2D eigenvalue weighted by Gasteiger charge is -2.18. The van der Waals surface area contributed by atoms with E-state index in [2.05, 4.69) is 35.4 Å². The molecule has 2 aromatic carbocycles. The Bertz CT molecular complexity index is 777. The van der Waals surface area contributed by atoms with Gasteiger partial charge in [0.25, 0.3) is 0 Å². The number of para-hydroxylation sites is 1. The Hall–Kier alpha value is -2.46. The molecule has 0 amide bonds. The number of hydrogen-bond donors (Lipinski definition) is 0. The summed E-state index contributed by atoms with van der Waals surface area (Å²) in [5.74, 6) is 0. The van der Waals surface area contributed by atoms with Gasteiger partial charge in [-0.05, 0) is 37.1 Å². The second-order valence-electron chi connectivity index (χ2n) is 5.13. The Morgan fingerprint density at radius 2 is 1.86 bits per heavy atom. The average molecular weight is 293 g/mol. The molecule has 112 valence electrons. The summed E-state index contributed by atoms with van der Waals surface area (Å²) in [6, 6.07) is 18.1. The van der Waals surface area contributed by atoms with Crippen LogP contribution in [0.4, 0.5) is 0 Å². The van der Waals surface area contributed by atoms with Crippen LogP contribution in [-0.2, 0) is 4.74 Å². The molecule has 0 fully saturated rings. The summed E-state index contributed by atoms with van der Waals surface area (Å²) in [6.07, 6.45) is 1.87. The van der Waals surface area contributed by atoms with Gasteiger partial charge in [-0.25, -0.2) is 4.68 Å². The van der Waals surface area contributed by atoms with Gasteiger partial charge < -0.3 is 4.74 Å². The molecule has 3 rings (SSSR count). The summed E-state index contributed by atoms with van der Waals surface area (Å²) in [5.41, 5.74) is 4.08. The monoisotopic (exact) mass is 293 g/mol. The van der Waals surface area contributed by atoms with E-state index in [0.717, 1.165) is 22.2 Å². The van der Waals surface area contributed by atoms with Gasteiger partial charge in [0.2, 0.25) is 0 Å². The molecule has 4 heteroatoms. The first-order valence-electron chi connectivity index (χ1n) is 7.44. The molecule has 0 saturated carbocycles. The van der Waals surface area contributed by atoms with E-state index in [4.69, 9.17) is 4.74 Å². The minimum atomic E-state index is -0.252. The molecule has 0 saturated heterocycles. The highest BCUT2D eigenvalue weighted by atomic mass is 16.5. The summed E-state index contributed by atoms with van der Waals surface area (Å²) in [6.45, 7) is 4.66. The standard InChI is InChI=1S/C18H19N3O/c1-3-22-18(14(2)13-15-9-5-4-6-10-15)21-17-12-8-7-11-16(17)19-20-21/h4-13,18H,3H2,1-2H3/b14-13+. The molecule has 1 atom stereocenters. The molecule has 4 nitrogen and oxygen atoms in total. The largest absolute Gasteiger partial charge is 0.353 e. The molecule has 0 spiro atoms. The van der Waals surface area contributed by atoms with Crippen LogP contribution in [0, 0.1) is 0 Å². The summed E-state index contributed by atoms with van der Waals surface area (Å²) in [7, 11) is 0. The highest BCUT2D eigenvalue weighted by Gasteiger charge is 2.17. The highest BCUT2D eigenvalue weighted by Crippen LogP contribution is 2.24. The fourth-order valence-electron chi connectivity index (χ4n) is 2.50. The van der Waals surface area contributed by atoms with Crippen LogP contribution < -0.4 is 0 Å². The van der Waals surface area contributed by atoms with E-state index in [9.17, 15) is 0 Å². The molecule has 0 N–H and O–H groups in total. The minimum absolute atomic E-state index is 0.252. The van der Waals surface area contributed by atoms with Crippen LogP contribution in [0.1, 0.15) is 25.6 Å². The molecule has 0 radical (unpaired) electrons. The number of aromatic nitrogens is 3. The molecule has 1 aromatic heterocycles. The number of benzene rings is 2. The second kappa shape index (κ2) is 6.54. The van der Waals surface area contributed by atoms with E-state index in [1.54, 1.807) is 0 Å². The molecule has 0 aliphatic carbocycles. The van der Waals surface area contributed by atoms with Crippen LogP contribution in [0.25, 0.3) is 17.1 Å². The third kappa shape index (κ3) is 2.92. The number of rotatable bonds is 5. The van der Waals surface area contributed by atoms with Crippen molar-refractivity contribution in [2.75, 3.05) is 6.61 Å². The SMILES string of the molecule is CCOC(/C(C)=C/c1ccccc1)n1nnc2ccccc21. The molecule has 1 unspecified atom stereocenters. The van der Waals surface area contributed by atoms with Crippen molar-refractivity contribution in [3.63, 3.8) is 0 Å². The van der Waals surface area contributed by atoms with Crippen molar-refractivity contribution < 1.29 is 4.74 Å². The van der Waals surface area contributed by atoms with Gasteiger partial charge in [0.05, 0.1) is 5.52 Å². The predicted molar refractivity (Wildman–Crippen MR) is 88.3 cm³/mol. The quantitative estimate of drug-likeness (QED) is 0.712. The summed E-state index contributed by atoms with van der Waals surface area (Å²) >= 11 is 0. The maximum Gasteiger partial charge on any atom is 0.174 e. The van der Waals surface area contributed by atoms with Crippen LogP contribution >= 0.6 is 0 Å². The van der Waals surface area contributed by atoms with Crippen LogP contribution in [0.2, 0.25) is 0 Å². The van der Waals surface area contributed by atoms with Gasteiger partial charge in [-0.15, -0.1) is 5.10 Å². The smallest absolute Gasteiger partial charge is 0.174 e. The lowest BCUT2D eigenvalue weighted by atomic mass is 10.1. The maximum absolute atomic E-state index is 5.92. The Morgan fingerprint density at radius 1 is 1.14 bits per heavy atom. The lowest BCUT2D eigenvalue weighted by molar-refractivity contribution is 0.0318. The van der Waals surface area contributed by atoms with Crippen molar-refractivity contribution in [3.8, 4) is 0 Å². The lowest BCUT2D eigenvalue weighted by Crippen LogP contribution is -2.16. The first-order chi connectivity index (χ1) is 10.8. The zero-order valence-electron chi connectivity index (χ0n) is 12.8. The van der Waals surface area contributed by atoms with E-state index < -0.39 is 0 Å². The number of hydrogen-bond acceptors (Lipinski definition) is 3. The Balaban J connectivity index is 2.01.